The van der Waals surface area contributed by atoms with Crippen molar-refractivity contribution in [1.82, 2.24) is 15.5 Å². The van der Waals surface area contributed by atoms with Crippen molar-refractivity contribution in [3.8, 4) is 0 Å². The van der Waals surface area contributed by atoms with Crippen LogP contribution in [0.5, 0.6) is 0 Å². The monoisotopic (exact) mass is 428 g/mol. The second kappa shape index (κ2) is 11.8. The van der Waals surface area contributed by atoms with Gasteiger partial charge >= 0.3 is 5.97 Å². The SMILES string of the molecule is CCC(C)C(N)C(=O)NC(CO)C(=O)N1CCCC1C(=O)NC(C(=O)O)C(C)CC. The summed E-state index contributed by atoms with van der Waals surface area (Å²) in [5, 5.41) is 24.0. The predicted molar refractivity (Wildman–Crippen MR) is 110 cm³/mol. The topological polar surface area (TPSA) is 162 Å². The number of hydrogen-bond donors (Lipinski definition) is 5. The molecule has 1 saturated heterocycles. The van der Waals surface area contributed by atoms with Gasteiger partial charge in [0.25, 0.3) is 0 Å². The van der Waals surface area contributed by atoms with Gasteiger partial charge in [-0.25, -0.2) is 4.79 Å². The first-order valence-electron chi connectivity index (χ1n) is 10.6. The Labute approximate surface area is 177 Å². The van der Waals surface area contributed by atoms with E-state index in [9.17, 15) is 29.4 Å². The van der Waals surface area contributed by atoms with Crippen molar-refractivity contribution in [3.63, 3.8) is 0 Å². The molecule has 10 nitrogen and oxygen atoms in total. The van der Waals surface area contributed by atoms with Gasteiger partial charge in [0.1, 0.15) is 18.1 Å². The van der Waals surface area contributed by atoms with Gasteiger partial charge in [-0.1, -0.05) is 40.5 Å². The Bertz CT molecular complexity index is 628. The number of aliphatic carboxylic acids is 1. The van der Waals surface area contributed by atoms with E-state index in [0.29, 0.717) is 25.7 Å². The molecule has 1 fully saturated rings. The lowest BCUT2D eigenvalue weighted by atomic mass is 9.98. The van der Waals surface area contributed by atoms with Crippen LogP contribution in [0.25, 0.3) is 0 Å². The molecule has 0 aliphatic carbocycles. The quantitative estimate of drug-likeness (QED) is 0.295. The Kier molecular flexibility index (Phi) is 10.2. The summed E-state index contributed by atoms with van der Waals surface area (Å²) in [6.07, 6.45) is 2.19. The average Bonchev–Trinajstić information content (AvgIpc) is 3.22. The summed E-state index contributed by atoms with van der Waals surface area (Å²) in [4.78, 5) is 50.7. The second-order valence-corrected chi connectivity index (χ2v) is 8.05. The number of hydrogen-bond acceptors (Lipinski definition) is 6. The van der Waals surface area contributed by atoms with Crippen LogP contribution in [-0.4, -0.2) is 76.1 Å². The van der Waals surface area contributed by atoms with Crippen molar-refractivity contribution in [1.29, 1.82) is 0 Å². The van der Waals surface area contributed by atoms with Crippen LogP contribution in [0.1, 0.15) is 53.4 Å². The molecule has 1 rings (SSSR count). The first-order chi connectivity index (χ1) is 14.1. The summed E-state index contributed by atoms with van der Waals surface area (Å²) in [5.41, 5.74) is 5.89. The summed E-state index contributed by atoms with van der Waals surface area (Å²) < 4.78 is 0. The normalized spacial score (nSPS) is 21.3. The highest BCUT2D eigenvalue weighted by Gasteiger charge is 2.39. The Morgan fingerprint density at radius 2 is 1.70 bits per heavy atom. The standard InChI is InChI=1S/C20H36N4O6/c1-5-11(3)15(21)18(27)22-13(10-25)19(28)24-9-7-8-14(24)17(26)23-16(20(29)30)12(4)6-2/h11-16,25H,5-10,21H2,1-4H3,(H,22,27)(H,23,26)(H,29,30). The Balaban J connectivity index is 2.87. The molecular formula is C20H36N4O6. The van der Waals surface area contributed by atoms with Crippen LogP contribution in [0.2, 0.25) is 0 Å². The number of likely N-dealkylation sites (tertiary alicyclic amines) is 1. The number of carbonyl (C=O) groups excluding carboxylic acids is 3. The molecule has 0 bridgehead atoms. The van der Waals surface area contributed by atoms with Crippen molar-refractivity contribution in [2.45, 2.75) is 77.5 Å². The highest BCUT2D eigenvalue weighted by molar-refractivity contribution is 5.94. The Morgan fingerprint density at radius 1 is 1.10 bits per heavy atom. The van der Waals surface area contributed by atoms with E-state index >= 15 is 0 Å². The molecule has 0 aromatic rings. The summed E-state index contributed by atoms with van der Waals surface area (Å²) in [6, 6.07) is -3.94. The third-order valence-electron chi connectivity index (χ3n) is 5.97. The molecule has 172 valence electrons. The van der Waals surface area contributed by atoms with Gasteiger partial charge < -0.3 is 31.5 Å². The minimum absolute atomic E-state index is 0.0988. The van der Waals surface area contributed by atoms with Crippen LogP contribution >= 0.6 is 0 Å². The van der Waals surface area contributed by atoms with Gasteiger partial charge in [-0.2, -0.15) is 0 Å². The molecule has 0 aromatic carbocycles. The smallest absolute Gasteiger partial charge is 0.326 e. The van der Waals surface area contributed by atoms with E-state index in [2.05, 4.69) is 10.6 Å². The van der Waals surface area contributed by atoms with Crippen molar-refractivity contribution < 1.29 is 29.4 Å². The van der Waals surface area contributed by atoms with Gasteiger partial charge in [0.15, 0.2) is 0 Å². The van der Waals surface area contributed by atoms with Gasteiger partial charge in [0, 0.05) is 6.54 Å². The number of carbonyl (C=O) groups is 4. The lowest BCUT2D eigenvalue weighted by Crippen LogP contribution is -2.58. The van der Waals surface area contributed by atoms with Crippen molar-refractivity contribution in [2.75, 3.05) is 13.2 Å². The van der Waals surface area contributed by atoms with Crippen LogP contribution in [-0.2, 0) is 19.2 Å². The highest BCUT2D eigenvalue weighted by atomic mass is 16.4. The first-order valence-corrected chi connectivity index (χ1v) is 10.6. The number of nitrogens with zero attached hydrogens (tertiary/aromatic N) is 1. The fraction of sp³-hybridized carbons (Fsp3) is 0.800. The lowest BCUT2D eigenvalue weighted by Gasteiger charge is -2.30. The number of nitrogens with two attached hydrogens (primary N) is 1. The molecule has 6 N–H and O–H groups in total. The van der Waals surface area contributed by atoms with Crippen LogP contribution in [0, 0.1) is 11.8 Å². The molecule has 0 spiro atoms. The van der Waals surface area contributed by atoms with Crippen molar-refractivity contribution in [2.24, 2.45) is 17.6 Å². The van der Waals surface area contributed by atoms with Crippen LogP contribution in [0.15, 0.2) is 0 Å². The maximum absolute atomic E-state index is 12.9. The van der Waals surface area contributed by atoms with E-state index in [4.69, 9.17) is 5.73 Å². The number of carboxylic acid groups (broad SMARTS) is 1. The number of aliphatic hydroxyl groups excluding tert-OH is 1. The summed E-state index contributed by atoms with van der Waals surface area (Å²) >= 11 is 0. The van der Waals surface area contributed by atoms with Gasteiger partial charge in [0.2, 0.25) is 17.7 Å². The fourth-order valence-electron chi connectivity index (χ4n) is 3.40. The zero-order valence-corrected chi connectivity index (χ0v) is 18.3. The average molecular weight is 429 g/mol. The Hall–Kier alpha value is -2.20. The molecular weight excluding hydrogens is 392 g/mol. The van der Waals surface area contributed by atoms with E-state index < -0.39 is 54.5 Å². The van der Waals surface area contributed by atoms with E-state index in [1.54, 1.807) is 6.92 Å². The van der Waals surface area contributed by atoms with Crippen LogP contribution in [0.3, 0.4) is 0 Å². The molecule has 0 aromatic heterocycles. The number of amides is 3. The summed E-state index contributed by atoms with van der Waals surface area (Å²) in [6.45, 7) is 6.92. The second-order valence-electron chi connectivity index (χ2n) is 8.05. The van der Waals surface area contributed by atoms with E-state index in [1.165, 1.54) is 4.90 Å². The lowest BCUT2D eigenvalue weighted by molar-refractivity contribution is -0.146. The summed E-state index contributed by atoms with van der Waals surface area (Å²) in [5.74, 6) is -3.18. The third-order valence-corrected chi connectivity index (χ3v) is 5.97. The molecule has 1 aliphatic rings. The zero-order chi connectivity index (χ0) is 23.0. The fourth-order valence-corrected chi connectivity index (χ4v) is 3.40. The maximum Gasteiger partial charge on any atom is 0.326 e. The van der Waals surface area contributed by atoms with Gasteiger partial charge in [-0.15, -0.1) is 0 Å². The molecule has 0 radical (unpaired) electrons. The molecule has 1 heterocycles. The summed E-state index contributed by atoms with van der Waals surface area (Å²) in [7, 11) is 0. The van der Waals surface area contributed by atoms with E-state index in [0.717, 1.165) is 0 Å². The third kappa shape index (κ3) is 6.40. The number of rotatable bonds is 11. The molecule has 6 atom stereocenters. The first kappa shape index (κ1) is 25.8. The number of carboxylic acids is 1. The van der Waals surface area contributed by atoms with E-state index in [1.807, 2.05) is 20.8 Å². The van der Waals surface area contributed by atoms with Gasteiger partial charge in [-0.05, 0) is 24.7 Å². The van der Waals surface area contributed by atoms with Crippen LogP contribution in [0.4, 0.5) is 0 Å². The number of aliphatic hydroxyl groups is 1. The van der Waals surface area contributed by atoms with Crippen LogP contribution < -0.4 is 16.4 Å². The largest absolute Gasteiger partial charge is 0.480 e. The molecule has 3 amide bonds. The Morgan fingerprint density at radius 3 is 2.20 bits per heavy atom. The zero-order valence-electron chi connectivity index (χ0n) is 18.3. The van der Waals surface area contributed by atoms with Gasteiger partial charge in [-0.3, -0.25) is 14.4 Å². The van der Waals surface area contributed by atoms with Crippen molar-refractivity contribution in [3.05, 3.63) is 0 Å². The molecule has 30 heavy (non-hydrogen) atoms. The molecule has 6 unspecified atom stereocenters. The molecule has 0 saturated carbocycles. The van der Waals surface area contributed by atoms with Crippen molar-refractivity contribution >= 4 is 23.7 Å². The maximum atomic E-state index is 12.9. The molecule has 10 heteroatoms. The van der Waals surface area contributed by atoms with E-state index in [-0.39, 0.29) is 18.4 Å². The molecule has 1 aliphatic heterocycles. The van der Waals surface area contributed by atoms with Gasteiger partial charge in [0.05, 0.1) is 12.6 Å². The predicted octanol–water partition coefficient (Wildman–Crippen LogP) is -0.557. The minimum Gasteiger partial charge on any atom is -0.480 e. The highest BCUT2D eigenvalue weighted by Crippen LogP contribution is 2.20. The minimum atomic E-state index is -1.22. The number of nitrogens with one attached hydrogen (secondary N) is 2.